The first-order chi connectivity index (χ1) is 7.44. The van der Waals surface area contributed by atoms with Gasteiger partial charge >= 0.3 is 0 Å². The molecule has 1 aromatic carbocycles. The van der Waals surface area contributed by atoms with Crippen molar-refractivity contribution < 1.29 is 9.18 Å². The van der Waals surface area contributed by atoms with E-state index in [1.54, 1.807) is 6.07 Å². The summed E-state index contributed by atoms with van der Waals surface area (Å²) in [5.74, 6) is -0.238. The molecule has 0 heterocycles. The van der Waals surface area contributed by atoms with Crippen LogP contribution in [-0.4, -0.2) is 18.3 Å². The van der Waals surface area contributed by atoms with Gasteiger partial charge in [0, 0.05) is 18.0 Å². The third-order valence-electron chi connectivity index (χ3n) is 2.18. The van der Waals surface area contributed by atoms with Crippen molar-refractivity contribution in [1.82, 2.24) is 5.32 Å². The molecular weight excluding hydrogens is 229 g/mol. The third-order valence-corrected chi connectivity index (χ3v) is 2.90. The van der Waals surface area contributed by atoms with Crippen LogP contribution in [0.15, 0.2) is 24.3 Å². The minimum atomic E-state index is -0.413. The molecule has 4 heteroatoms. The smallest absolute Gasteiger partial charge is 0.251 e. The fourth-order valence-electron chi connectivity index (χ4n) is 1.10. The van der Waals surface area contributed by atoms with Crippen molar-refractivity contribution in [2.45, 2.75) is 13.8 Å². The SMILES string of the molecule is CC(C)(CCl)CNC(=O)c1cccc(F)c1. The predicted molar refractivity (Wildman–Crippen MR) is 63.2 cm³/mol. The van der Waals surface area contributed by atoms with Gasteiger partial charge in [0.25, 0.3) is 5.91 Å². The lowest BCUT2D eigenvalue weighted by Crippen LogP contribution is -2.35. The predicted octanol–water partition coefficient (Wildman–Crippen LogP) is 2.82. The normalized spacial score (nSPS) is 11.2. The largest absolute Gasteiger partial charge is 0.351 e. The van der Waals surface area contributed by atoms with Crippen molar-refractivity contribution in [2.24, 2.45) is 5.41 Å². The maximum absolute atomic E-state index is 12.9. The molecule has 0 fully saturated rings. The van der Waals surface area contributed by atoms with E-state index >= 15 is 0 Å². The molecule has 0 bridgehead atoms. The first-order valence-corrected chi connectivity index (χ1v) is 5.58. The topological polar surface area (TPSA) is 29.1 Å². The van der Waals surface area contributed by atoms with Gasteiger partial charge in [-0.05, 0) is 23.6 Å². The molecule has 2 nitrogen and oxygen atoms in total. The third kappa shape index (κ3) is 3.81. The van der Waals surface area contributed by atoms with Gasteiger partial charge in [0.2, 0.25) is 0 Å². The Hall–Kier alpha value is -1.09. The van der Waals surface area contributed by atoms with E-state index < -0.39 is 5.82 Å². The van der Waals surface area contributed by atoms with Gasteiger partial charge in [-0.25, -0.2) is 4.39 Å². The van der Waals surface area contributed by atoms with E-state index in [0.29, 0.717) is 18.0 Å². The van der Waals surface area contributed by atoms with Crippen molar-refractivity contribution in [2.75, 3.05) is 12.4 Å². The Morgan fingerprint density at radius 3 is 2.75 bits per heavy atom. The van der Waals surface area contributed by atoms with Gasteiger partial charge in [0.15, 0.2) is 0 Å². The van der Waals surface area contributed by atoms with Gasteiger partial charge in [-0.15, -0.1) is 11.6 Å². The monoisotopic (exact) mass is 243 g/mol. The highest BCUT2D eigenvalue weighted by molar-refractivity contribution is 6.18. The Balaban J connectivity index is 2.60. The van der Waals surface area contributed by atoms with E-state index in [1.165, 1.54) is 18.2 Å². The standard InChI is InChI=1S/C12H15ClFNO/c1-12(2,7-13)8-15-11(16)9-4-3-5-10(14)6-9/h3-6H,7-8H2,1-2H3,(H,15,16). The lowest BCUT2D eigenvalue weighted by atomic mass is 9.96. The quantitative estimate of drug-likeness (QED) is 0.810. The maximum atomic E-state index is 12.9. The molecule has 1 N–H and O–H groups in total. The molecule has 1 aromatic rings. The number of hydrogen-bond acceptors (Lipinski definition) is 1. The minimum absolute atomic E-state index is 0.162. The highest BCUT2D eigenvalue weighted by Gasteiger charge is 2.17. The number of benzene rings is 1. The van der Waals surface area contributed by atoms with Crippen LogP contribution in [0.4, 0.5) is 4.39 Å². The molecule has 88 valence electrons. The van der Waals surface area contributed by atoms with Crippen LogP contribution < -0.4 is 5.32 Å². The molecule has 0 spiro atoms. The highest BCUT2D eigenvalue weighted by Crippen LogP contribution is 2.15. The average molecular weight is 244 g/mol. The summed E-state index contributed by atoms with van der Waals surface area (Å²) in [4.78, 5) is 11.6. The molecule has 16 heavy (non-hydrogen) atoms. The second-order valence-corrected chi connectivity index (χ2v) is 4.76. The van der Waals surface area contributed by atoms with E-state index in [9.17, 15) is 9.18 Å². The number of hydrogen-bond donors (Lipinski definition) is 1. The number of alkyl halides is 1. The number of amides is 1. The molecule has 0 aliphatic carbocycles. The van der Waals surface area contributed by atoms with Crippen molar-refractivity contribution in [3.8, 4) is 0 Å². The molecule has 0 aromatic heterocycles. The van der Waals surface area contributed by atoms with Gasteiger partial charge in [0.1, 0.15) is 5.82 Å². The first kappa shape index (κ1) is 13.0. The summed E-state index contributed by atoms with van der Waals surface area (Å²) >= 11 is 5.74. The van der Waals surface area contributed by atoms with Crippen LogP contribution in [0.1, 0.15) is 24.2 Å². The molecule has 0 saturated heterocycles. The summed E-state index contributed by atoms with van der Waals surface area (Å²) < 4.78 is 12.9. The minimum Gasteiger partial charge on any atom is -0.351 e. The van der Waals surface area contributed by atoms with E-state index in [2.05, 4.69) is 5.32 Å². The number of carbonyl (C=O) groups excluding carboxylic acids is 1. The van der Waals surface area contributed by atoms with Crippen molar-refractivity contribution in [1.29, 1.82) is 0 Å². The van der Waals surface area contributed by atoms with Crippen LogP contribution in [0.2, 0.25) is 0 Å². The fourth-order valence-corrected chi connectivity index (χ4v) is 1.19. The van der Waals surface area contributed by atoms with Crippen molar-refractivity contribution in [3.05, 3.63) is 35.6 Å². The van der Waals surface area contributed by atoms with Gasteiger partial charge in [-0.3, -0.25) is 4.79 Å². The first-order valence-electron chi connectivity index (χ1n) is 5.04. The van der Waals surface area contributed by atoms with Crippen LogP contribution in [0, 0.1) is 11.2 Å². The van der Waals surface area contributed by atoms with Crippen LogP contribution in [-0.2, 0) is 0 Å². The second-order valence-electron chi connectivity index (χ2n) is 4.49. The summed E-state index contributed by atoms with van der Waals surface area (Å²) in [5.41, 5.74) is 0.162. The Labute approximate surface area is 99.8 Å². The second kappa shape index (κ2) is 5.30. The summed E-state index contributed by atoms with van der Waals surface area (Å²) in [7, 11) is 0. The van der Waals surface area contributed by atoms with Crippen LogP contribution in [0.5, 0.6) is 0 Å². The molecule has 0 atom stereocenters. The molecular formula is C12H15ClFNO. The lowest BCUT2D eigenvalue weighted by molar-refractivity contribution is 0.0939. The molecule has 0 saturated carbocycles. The van der Waals surface area contributed by atoms with Gasteiger partial charge < -0.3 is 5.32 Å². The Bertz CT molecular complexity index is 379. The number of halogens is 2. The van der Waals surface area contributed by atoms with Crippen LogP contribution in [0.3, 0.4) is 0 Å². The van der Waals surface area contributed by atoms with E-state index in [4.69, 9.17) is 11.6 Å². The Morgan fingerprint density at radius 2 is 2.19 bits per heavy atom. The molecule has 1 amide bonds. The molecule has 1 rings (SSSR count). The zero-order valence-electron chi connectivity index (χ0n) is 9.39. The number of carbonyl (C=O) groups is 1. The van der Waals surface area contributed by atoms with E-state index in [0.717, 1.165) is 0 Å². The Morgan fingerprint density at radius 1 is 1.50 bits per heavy atom. The lowest BCUT2D eigenvalue weighted by Gasteiger charge is -2.21. The van der Waals surface area contributed by atoms with Gasteiger partial charge in [0.05, 0.1) is 0 Å². The van der Waals surface area contributed by atoms with Gasteiger partial charge in [-0.2, -0.15) is 0 Å². The van der Waals surface area contributed by atoms with Gasteiger partial charge in [-0.1, -0.05) is 19.9 Å². The number of nitrogens with one attached hydrogen (secondary N) is 1. The summed E-state index contributed by atoms with van der Waals surface area (Å²) in [6, 6.07) is 5.60. The number of rotatable bonds is 4. The van der Waals surface area contributed by atoms with Crippen LogP contribution >= 0.6 is 11.6 Å². The highest BCUT2D eigenvalue weighted by atomic mass is 35.5. The van der Waals surface area contributed by atoms with E-state index in [-0.39, 0.29) is 11.3 Å². The Kier molecular flexibility index (Phi) is 4.30. The van der Waals surface area contributed by atoms with Crippen LogP contribution in [0.25, 0.3) is 0 Å². The molecule has 0 unspecified atom stereocenters. The maximum Gasteiger partial charge on any atom is 0.251 e. The van der Waals surface area contributed by atoms with Crippen molar-refractivity contribution in [3.63, 3.8) is 0 Å². The molecule has 0 radical (unpaired) electrons. The summed E-state index contributed by atoms with van der Waals surface area (Å²) in [5, 5.41) is 2.73. The summed E-state index contributed by atoms with van der Waals surface area (Å²) in [6.07, 6.45) is 0. The average Bonchev–Trinajstić information content (AvgIpc) is 2.26. The molecule has 0 aliphatic heterocycles. The summed E-state index contributed by atoms with van der Waals surface area (Å²) in [6.45, 7) is 4.36. The zero-order chi connectivity index (χ0) is 12.2. The van der Waals surface area contributed by atoms with Crippen molar-refractivity contribution >= 4 is 17.5 Å². The molecule has 0 aliphatic rings. The zero-order valence-corrected chi connectivity index (χ0v) is 10.1. The van der Waals surface area contributed by atoms with E-state index in [1.807, 2.05) is 13.8 Å². The fraction of sp³-hybridized carbons (Fsp3) is 0.417.